The summed E-state index contributed by atoms with van der Waals surface area (Å²) in [6.07, 6.45) is 0.956. The minimum absolute atomic E-state index is 0.290. The van der Waals surface area contributed by atoms with Gasteiger partial charge in [0.15, 0.2) is 0 Å². The number of amides is 3. The summed E-state index contributed by atoms with van der Waals surface area (Å²) in [7, 11) is 0. The zero-order chi connectivity index (χ0) is 15.1. The predicted octanol–water partition coefficient (Wildman–Crippen LogP) is 0.534. The summed E-state index contributed by atoms with van der Waals surface area (Å²) in [6, 6.07) is 4.16. The second kappa shape index (κ2) is 4.82. The van der Waals surface area contributed by atoms with Crippen LogP contribution in [0.2, 0.25) is 0 Å². The van der Waals surface area contributed by atoms with Gasteiger partial charge in [-0.15, -0.1) is 0 Å². The maximum Gasteiger partial charge on any atom is 0.262 e. The van der Waals surface area contributed by atoms with Crippen LogP contribution in [0, 0.1) is 0 Å². The second-order valence-electron chi connectivity index (χ2n) is 5.21. The molecule has 0 saturated carbocycles. The number of nitrogens with one attached hydrogen (secondary N) is 1. The molecule has 21 heavy (non-hydrogen) atoms. The molecule has 2 aliphatic heterocycles. The fourth-order valence-electron chi connectivity index (χ4n) is 2.73. The van der Waals surface area contributed by atoms with Crippen molar-refractivity contribution in [3.8, 4) is 0 Å². The molecule has 1 fully saturated rings. The van der Waals surface area contributed by atoms with E-state index in [2.05, 4.69) is 11.9 Å². The highest BCUT2D eigenvalue weighted by molar-refractivity contribution is 6.23. The Balaban J connectivity index is 1.96. The summed E-state index contributed by atoms with van der Waals surface area (Å²) >= 11 is 0. The van der Waals surface area contributed by atoms with Crippen LogP contribution < -0.4 is 11.1 Å². The van der Waals surface area contributed by atoms with Gasteiger partial charge in [-0.1, -0.05) is 12.6 Å². The highest BCUT2D eigenvalue weighted by Crippen LogP contribution is 2.28. The van der Waals surface area contributed by atoms with Crippen LogP contribution in [0.5, 0.6) is 0 Å². The van der Waals surface area contributed by atoms with E-state index in [-0.39, 0.29) is 5.91 Å². The van der Waals surface area contributed by atoms with Crippen molar-refractivity contribution in [1.29, 1.82) is 0 Å². The number of allylic oxidation sites excluding steroid dienone is 1. The van der Waals surface area contributed by atoms with Crippen molar-refractivity contribution in [2.24, 2.45) is 5.73 Å². The van der Waals surface area contributed by atoms with Crippen molar-refractivity contribution in [1.82, 2.24) is 10.2 Å². The van der Waals surface area contributed by atoms with Gasteiger partial charge in [0, 0.05) is 12.2 Å². The first kappa shape index (κ1) is 13.5. The molecule has 0 bridgehead atoms. The first-order chi connectivity index (χ1) is 10.0. The molecule has 1 aromatic rings. The summed E-state index contributed by atoms with van der Waals surface area (Å²) in [6.45, 7) is 3.98. The number of carbonyl (C=O) groups is 3. The van der Waals surface area contributed by atoms with Gasteiger partial charge in [-0.3, -0.25) is 19.3 Å². The number of nitrogens with zero attached hydrogens (tertiary/aromatic N) is 1. The van der Waals surface area contributed by atoms with E-state index in [1.54, 1.807) is 18.2 Å². The first-order valence-electron chi connectivity index (χ1n) is 6.72. The lowest BCUT2D eigenvalue weighted by molar-refractivity contribution is -0.125. The summed E-state index contributed by atoms with van der Waals surface area (Å²) < 4.78 is 0. The molecule has 1 atom stereocenters. The van der Waals surface area contributed by atoms with Gasteiger partial charge in [0.2, 0.25) is 5.91 Å². The Bertz CT molecular complexity index is 681. The first-order valence-corrected chi connectivity index (χ1v) is 6.72. The Morgan fingerprint density at radius 2 is 1.95 bits per heavy atom. The van der Waals surface area contributed by atoms with Crippen molar-refractivity contribution < 1.29 is 14.4 Å². The van der Waals surface area contributed by atoms with E-state index >= 15 is 0 Å². The monoisotopic (exact) mass is 285 g/mol. The highest BCUT2D eigenvalue weighted by atomic mass is 16.2. The molecule has 3 rings (SSSR count). The topological polar surface area (TPSA) is 92.5 Å². The van der Waals surface area contributed by atoms with E-state index in [0.717, 1.165) is 10.5 Å². The summed E-state index contributed by atoms with van der Waals surface area (Å²) in [5.41, 5.74) is 7.59. The molecule has 2 heterocycles. The molecule has 1 unspecified atom stereocenters. The quantitative estimate of drug-likeness (QED) is 0.775. The average molecular weight is 285 g/mol. The van der Waals surface area contributed by atoms with E-state index in [1.165, 1.54) is 0 Å². The molecule has 1 saturated heterocycles. The van der Waals surface area contributed by atoms with Gasteiger partial charge in [0.25, 0.3) is 11.8 Å². The van der Waals surface area contributed by atoms with Gasteiger partial charge in [-0.05, 0) is 30.5 Å². The van der Waals surface area contributed by atoms with Crippen molar-refractivity contribution in [2.45, 2.75) is 25.4 Å². The van der Waals surface area contributed by atoms with Crippen LogP contribution in [0.15, 0.2) is 30.5 Å². The third kappa shape index (κ3) is 2.04. The van der Waals surface area contributed by atoms with Crippen LogP contribution in [-0.4, -0.2) is 28.7 Å². The largest absolute Gasteiger partial charge is 0.329 e. The third-order valence-corrected chi connectivity index (χ3v) is 3.85. The minimum atomic E-state index is -0.774. The number of carbonyl (C=O) groups excluding carboxylic acids is 3. The molecule has 3 amide bonds. The number of fused-ring (bicyclic) bond motifs is 1. The van der Waals surface area contributed by atoms with E-state index < -0.39 is 17.9 Å². The zero-order valence-electron chi connectivity index (χ0n) is 11.4. The number of nitrogens with two attached hydrogens (primary N) is 1. The SMILES string of the molecule is C=C1CCC(N2C(=O)c3ccc(CN)cc3C2=O)C(=O)N1. The molecule has 0 aromatic heterocycles. The number of hydrogen-bond donors (Lipinski definition) is 2. The second-order valence-corrected chi connectivity index (χ2v) is 5.21. The van der Waals surface area contributed by atoms with E-state index in [4.69, 9.17) is 5.73 Å². The van der Waals surface area contributed by atoms with Gasteiger partial charge in [-0.2, -0.15) is 0 Å². The molecular formula is C15H15N3O3. The Kier molecular flexibility index (Phi) is 3.10. The minimum Gasteiger partial charge on any atom is -0.329 e. The lowest BCUT2D eigenvalue weighted by Gasteiger charge is -2.29. The number of benzene rings is 1. The highest BCUT2D eigenvalue weighted by Gasteiger charge is 2.43. The fraction of sp³-hybridized carbons (Fsp3) is 0.267. The smallest absolute Gasteiger partial charge is 0.262 e. The standard InChI is InChI=1S/C15H15N3O3/c1-8-2-5-12(13(19)17-8)18-14(20)10-4-3-9(7-16)6-11(10)15(18)21/h3-4,6,12H,1-2,5,7,16H2,(H,17,19). The van der Waals surface area contributed by atoms with Crippen LogP contribution in [0.4, 0.5) is 0 Å². The van der Waals surface area contributed by atoms with Crippen LogP contribution in [0.1, 0.15) is 39.1 Å². The van der Waals surface area contributed by atoms with Gasteiger partial charge in [0.1, 0.15) is 6.04 Å². The molecule has 6 heteroatoms. The van der Waals surface area contributed by atoms with Crippen molar-refractivity contribution >= 4 is 17.7 Å². The zero-order valence-corrected chi connectivity index (χ0v) is 11.4. The lowest BCUT2D eigenvalue weighted by Crippen LogP contribution is -2.51. The van der Waals surface area contributed by atoms with E-state index in [0.29, 0.717) is 36.2 Å². The van der Waals surface area contributed by atoms with E-state index in [9.17, 15) is 14.4 Å². The third-order valence-electron chi connectivity index (χ3n) is 3.85. The summed E-state index contributed by atoms with van der Waals surface area (Å²) in [5.74, 6) is -1.22. The van der Waals surface area contributed by atoms with Gasteiger partial charge in [0.05, 0.1) is 11.1 Å². The number of piperidine rings is 1. The van der Waals surface area contributed by atoms with Gasteiger partial charge >= 0.3 is 0 Å². The summed E-state index contributed by atoms with van der Waals surface area (Å²) in [5, 5.41) is 2.60. The number of hydrogen-bond acceptors (Lipinski definition) is 4. The van der Waals surface area contributed by atoms with Crippen molar-refractivity contribution in [3.05, 3.63) is 47.2 Å². The predicted molar refractivity (Wildman–Crippen MR) is 75.1 cm³/mol. The molecule has 108 valence electrons. The molecule has 0 spiro atoms. The van der Waals surface area contributed by atoms with Crippen molar-refractivity contribution in [3.63, 3.8) is 0 Å². The van der Waals surface area contributed by atoms with Crippen LogP contribution in [0.3, 0.4) is 0 Å². The molecule has 0 radical (unpaired) electrons. The Labute approximate surface area is 121 Å². The fourth-order valence-corrected chi connectivity index (χ4v) is 2.73. The molecule has 6 nitrogen and oxygen atoms in total. The Morgan fingerprint density at radius 3 is 2.62 bits per heavy atom. The maximum absolute atomic E-state index is 12.5. The van der Waals surface area contributed by atoms with Crippen LogP contribution in [0.25, 0.3) is 0 Å². The number of imide groups is 1. The van der Waals surface area contributed by atoms with Crippen molar-refractivity contribution in [2.75, 3.05) is 0 Å². The van der Waals surface area contributed by atoms with Crippen LogP contribution >= 0.6 is 0 Å². The molecule has 0 aliphatic carbocycles. The van der Waals surface area contributed by atoms with Gasteiger partial charge < -0.3 is 11.1 Å². The Morgan fingerprint density at radius 1 is 1.24 bits per heavy atom. The molecular weight excluding hydrogens is 270 g/mol. The molecule has 1 aromatic carbocycles. The Hall–Kier alpha value is -2.47. The number of rotatable bonds is 2. The van der Waals surface area contributed by atoms with E-state index in [1.807, 2.05) is 0 Å². The molecule has 2 aliphatic rings. The average Bonchev–Trinajstić information content (AvgIpc) is 2.71. The molecule has 3 N–H and O–H groups in total. The summed E-state index contributed by atoms with van der Waals surface area (Å²) in [4.78, 5) is 37.9. The van der Waals surface area contributed by atoms with Crippen LogP contribution in [-0.2, 0) is 11.3 Å². The van der Waals surface area contributed by atoms with Gasteiger partial charge in [-0.25, -0.2) is 0 Å². The normalized spacial score (nSPS) is 21.6. The lowest BCUT2D eigenvalue weighted by atomic mass is 10.0. The maximum atomic E-state index is 12.5.